The van der Waals surface area contributed by atoms with Gasteiger partial charge in [-0.05, 0) is 6.92 Å². The van der Waals surface area contributed by atoms with Crippen LogP contribution in [0.15, 0.2) is 0 Å². The predicted molar refractivity (Wildman–Crippen MR) is 52.9 cm³/mol. The number of carboxylic acids is 1. The maximum absolute atomic E-state index is 11.2. The van der Waals surface area contributed by atoms with E-state index in [1.807, 2.05) is 0 Å². The lowest BCUT2D eigenvalue weighted by Crippen LogP contribution is -2.40. The third kappa shape index (κ3) is 6.45. The van der Waals surface area contributed by atoms with Crippen molar-refractivity contribution in [1.29, 1.82) is 0 Å². The number of nitrogens with one attached hydrogen (secondary N) is 1. The molecule has 0 aromatic carbocycles. The summed E-state index contributed by atoms with van der Waals surface area (Å²) in [6.45, 7) is 5.01. The second-order valence-electron chi connectivity index (χ2n) is 3.62. The van der Waals surface area contributed by atoms with Gasteiger partial charge in [0.05, 0.1) is 0 Å². The fourth-order valence-electron chi connectivity index (χ4n) is 0.747. The number of hydrogen-bond donors (Lipinski definition) is 3. The molecule has 0 saturated heterocycles. The van der Waals surface area contributed by atoms with Crippen molar-refractivity contribution in [2.75, 3.05) is 0 Å². The molecule has 0 aliphatic heterocycles. The van der Waals surface area contributed by atoms with Crippen molar-refractivity contribution in [3.8, 4) is 0 Å². The Morgan fingerprint density at radius 3 is 2.31 bits per heavy atom. The molecule has 0 aliphatic rings. The smallest absolute Gasteiger partial charge is 0.325 e. The highest BCUT2D eigenvalue weighted by Gasteiger charge is 2.20. The molecule has 0 radical (unpaired) electrons. The monoisotopic (exact) mass is 205 g/mol. The van der Waals surface area contributed by atoms with Gasteiger partial charge in [-0.1, -0.05) is 13.8 Å². The standard InChI is InChI=1S/C8H15NO3S/c1-5(7(11)12)9-6(10)4-8(2,3)13/h5,13H,4H2,1-3H3,(H,9,10)(H,11,12)/t5-/m0/s1. The Balaban J connectivity index is 3.96. The Morgan fingerprint density at radius 2 is 2.00 bits per heavy atom. The van der Waals surface area contributed by atoms with Gasteiger partial charge in [-0.3, -0.25) is 9.59 Å². The van der Waals surface area contributed by atoms with Gasteiger partial charge in [-0.15, -0.1) is 0 Å². The number of aliphatic carboxylic acids is 1. The summed E-state index contributed by atoms with van der Waals surface area (Å²) in [5, 5.41) is 10.8. The molecule has 13 heavy (non-hydrogen) atoms. The lowest BCUT2D eigenvalue weighted by atomic mass is 10.1. The number of carboxylic acid groups (broad SMARTS) is 1. The van der Waals surface area contributed by atoms with Gasteiger partial charge >= 0.3 is 5.97 Å². The predicted octanol–water partition coefficient (Wildman–Crippen LogP) is 0.674. The maximum Gasteiger partial charge on any atom is 0.325 e. The maximum atomic E-state index is 11.2. The minimum atomic E-state index is -1.04. The van der Waals surface area contributed by atoms with Crippen molar-refractivity contribution in [3.05, 3.63) is 0 Å². The van der Waals surface area contributed by atoms with Gasteiger partial charge in [0.25, 0.3) is 0 Å². The minimum Gasteiger partial charge on any atom is -0.480 e. The van der Waals surface area contributed by atoms with Gasteiger partial charge < -0.3 is 10.4 Å². The quantitative estimate of drug-likeness (QED) is 0.591. The van der Waals surface area contributed by atoms with Crippen LogP contribution < -0.4 is 5.32 Å². The van der Waals surface area contributed by atoms with Gasteiger partial charge in [-0.25, -0.2) is 0 Å². The molecule has 0 spiro atoms. The number of carbonyl (C=O) groups excluding carboxylic acids is 1. The van der Waals surface area contributed by atoms with Crippen LogP contribution in [0.1, 0.15) is 27.2 Å². The lowest BCUT2D eigenvalue weighted by molar-refractivity contribution is -0.141. The molecule has 1 atom stereocenters. The number of rotatable bonds is 4. The van der Waals surface area contributed by atoms with Crippen LogP contribution >= 0.6 is 12.6 Å². The molecule has 0 saturated carbocycles. The average molecular weight is 205 g/mol. The summed E-state index contributed by atoms with van der Waals surface area (Å²) in [6, 6.07) is -0.844. The number of carbonyl (C=O) groups is 2. The van der Waals surface area contributed by atoms with Crippen LogP contribution in [0.2, 0.25) is 0 Å². The summed E-state index contributed by atoms with van der Waals surface area (Å²) in [6.07, 6.45) is 0.202. The average Bonchev–Trinajstić information content (AvgIpc) is 1.81. The summed E-state index contributed by atoms with van der Waals surface area (Å²) in [5.41, 5.74) is 0. The number of thiol groups is 1. The molecule has 0 heterocycles. The first kappa shape index (κ1) is 12.3. The lowest BCUT2D eigenvalue weighted by Gasteiger charge is -2.17. The molecule has 0 aromatic rings. The van der Waals surface area contributed by atoms with Crippen LogP contribution in [0.5, 0.6) is 0 Å². The van der Waals surface area contributed by atoms with E-state index < -0.39 is 16.8 Å². The Bertz CT molecular complexity index is 210. The molecule has 0 aliphatic carbocycles. The van der Waals surface area contributed by atoms with Crippen molar-refractivity contribution in [2.24, 2.45) is 0 Å². The largest absolute Gasteiger partial charge is 0.480 e. The zero-order chi connectivity index (χ0) is 10.6. The van der Waals surface area contributed by atoms with Crippen molar-refractivity contribution >= 4 is 24.5 Å². The molecular formula is C8H15NO3S. The molecule has 76 valence electrons. The van der Waals surface area contributed by atoms with E-state index in [0.29, 0.717) is 0 Å². The summed E-state index contributed by atoms with van der Waals surface area (Å²) < 4.78 is -0.414. The Hall–Kier alpha value is -0.710. The molecule has 4 nitrogen and oxygen atoms in total. The molecule has 0 unspecified atom stereocenters. The van der Waals surface area contributed by atoms with Crippen LogP contribution in [-0.2, 0) is 9.59 Å². The van der Waals surface area contributed by atoms with Gasteiger partial charge in [0.15, 0.2) is 0 Å². The Kier molecular flexibility index (Phi) is 4.26. The van der Waals surface area contributed by atoms with Gasteiger partial charge in [-0.2, -0.15) is 12.6 Å². The molecule has 0 fully saturated rings. The van der Waals surface area contributed by atoms with E-state index in [-0.39, 0.29) is 12.3 Å². The van der Waals surface area contributed by atoms with E-state index in [2.05, 4.69) is 17.9 Å². The summed E-state index contributed by atoms with van der Waals surface area (Å²) in [4.78, 5) is 21.5. The first-order chi connectivity index (χ1) is 5.72. The molecule has 5 heteroatoms. The third-order valence-corrected chi connectivity index (χ3v) is 1.50. The Labute approximate surface area is 83.1 Å². The topological polar surface area (TPSA) is 66.4 Å². The number of amides is 1. The van der Waals surface area contributed by atoms with Crippen LogP contribution in [-0.4, -0.2) is 27.8 Å². The SMILES string of the molecule is C[C@H](NC(=O)CC(C)(C)S)C(=O)O. The fraction of sp³-hybridized carbons (Fsp3) is 0.750. The molecule has 0 bridgehead atoms. The van der Waals surface area contributed by atoms with E-state index in [4.69, 9.17) is 5.11 Å². The van der Waals surface area contributed by atoms with E-state index in [1.54, 1.807) is 13.8 Å². The van der Waals surface area contributed by atoms with Crippen molar-refractivity contribution in [2.45, 2.75) is 38.0 Å². The third-order valence-electron chi connectivity index (χ3n) is 1.34. The van der Waals surface area contributed by atoms with E-state index in [9.17, 15) is 9.59 Å². The fourth-order valence-corrected chi connectivity index (χ4v) is 0.891. The summed E-state index contributed by atoms with van der Waals surface area (Å²) in [7, 11) is 0. The first-order valence-electron chi connectivity index (χ1n) is 3.97. The highest BCUT2D eigenvalue weighted by molar-refractivity contribution is 7.81. The van der Waals surface area contributed by atoms with Gasteiger partial charge in [0.1, 0.15) is 6.04 Å². The summed E-state index contributed by atoms with van der Waals surface area (Å²) >= 11 is 4.16. The second-order valence-corrected chi connectivity index (χ2v) is 4.83. The van der Waals surface area contributed by atoms with E-state index in [1.165, 1.54) is 6.92 Å². The molecule has 0 rings (SSSR count). The van der Waals surface area contributed by atoms with Crippen molar-refractivity contribution in [1.82, 2.24) is 5.32 Å². The van der Waals surface area contributed by atoms with Crippen molar-refractivity contribution < 1.29 is 14.7 Å². The molecule has 2 N–H and O–H groups in total. The molecular weight excluding hydrogens is 190 g/mol. The van der Waals surface area contributed by atoms with Crippen LogP contribution in [0.4, 0.5) is 0 Å². The molecule has 0 aromatic heterocycles. The van der Waals surface area contributed by atoms with E-state index in [0.717, 1.165) is 0 Å². The highest BCUT2D eigenvalue weighted by Crippen LogP contribution is 2.16. The van der Waals surface area contributed by atoms with Crippen LogP contribution in [0.3, 0.4) is 0 Å². The normalized spacial score (nSPS) is 13.5. The number of hydrogen-bond acceptors (Lipinski definition) is 3. The first-order valence-corrected chi connectivity index (χ1v) is 4.41. The Morgan fingerprint density at radius 1 is 1.54 bits per heavy atom. The van der Waals surface area contributed by atoms with Gasteiger partial charge in [0.2, 0.25) is 5.91 Å². The van der Waals surface area contributed by atoms with Crippen molar-refractivity contribution in [3.63, 3.8) is 0 Å². The van der Waals surface area contributed by atoms with Crippen LogP contribution in [0.25, 0.3) is 0 Å². The second kappa shape index (κ2) is 4.50. The zero-order valence-corrected chi connectivity index (χ0v) is 8.89. The minimum absolute atomic E-state index is 0.202. The molecule has 1 amide bonds. The highest BCUT2D eigenvalue weighted by atomic mass is 32.1. The van der Waals surface area contributed by atoms with Crippen LogP contribution in [0, 0.1) is 0 Å². The van der Waals surface area contributed by atoms with Gasteiger partial charge in [0, 0.05) is 11.2 Å². The zero-order valence-electron chi connectivity index (χ0n) is 8.00. The van der Waals surface area contributed by atoms with E-state index >= 15 is 0 Å². The summed E-state index contributed by atoms with van der Waals surface area (Å²) in [5.74, 6) is -1.33.